The highest BCUT2D eigenvalue weighted by Crippen LogP contribution is 2.32. The lowest BCUT2D eigenvalue weighted by atomic mass is 9.86. The second kappa shape index (κ2) is 3.84. The Bertz CT molecular complexity index is 737. The molecule has 0 amide bonds. The molecule has 0 aliphatic heterocycles. The van der Waals surface area contributed by atoms with E-state index in [1.54, 1.807) is 11.1 Å². The smallest absolute Gasteiger partial charge is 0.0102 e. The number of aryl methyl sites for hydroxylation is 2. The predicted molar refractivity (Wildman–Crippen MR) is 78.1 cm³/mol. The van der Waals surface area contributed by atoms with E-state index in [1.165, 1.54) is 47.2 Å². The molecule has 0 saturated carbocycles. The van der Waals surface area contributed by atoms with E-state index in [1.807, 2.05) is 0 Å². The molecule has 3 aromatic carbocycles. The molecule has 0 atom stereocenters. The molecule has 0 radical (unpaired) electrons. The molecule has 4 rings (SSSR count). The van der Waals surface area contributed by atoms with E-state index < -0.39 is 0 Å². The molecule has 0 unspecified atom stereocenters. The topological polar surface area (TPSA) is 0 Å². The third kappa shape index (κ3) is 1.38. The fourth-order valence-corrected chi connectivity index (χ4v) is 3.34. The van der Waals surface area contributed by atoms with E-state index in [4.69, 9.17) is 0 Å². The molecule has 0 bridgehead atoms. The van der Waals surface area contributed by atoms with Crippen LogP contribution >= 0.6 is 0 Å². The maximum Gasteiger partial charge on any atom is -0.0102 e. The second-order valence-electron chi connectivity index (χ2n) is 5.29. The Morgan fingerprint density at radius 1 is 0.611 bits per heavy atom. The molecule has 88 valence electrons. The third-order valence-corrected chi connectivity index (χ3v) is 4.26. The first-order valence-corrected chi connectivity index (χ1v) is 6.86. The molecule has 0 fully saturated rings. The molecule has 0 nitrogen and oxygen atoms in total. The van der Waals surface area contributed by atoms with Crippen molar-refractivity contribution in [3.05, 3.63) is 59.7 Å². The summed E-state index contributed by atoms with van der Waals surface area (Å²) in [7, 11) is 0. The van der Waals surface area contributed by atoms with Crippen molar-refractivity contribution in [2.24, 2.45) is 0 Å². The molecule has 0 heteroatoms. The zero-order valence-electron chi connectivity index (χ0n) is 10.4. The lowest BCUT2D eigenvalue weighted by molar-refractivity contribution is 0.690. The average Bonchev–Trinajstić information content (AvgIpc) is 2.46. The Hall–Kier alpha value is -1.82. The maximum absolute atomic E-state index is 2.35. The van der Waals surface area contributed by atoms with Gasteiger partial charge in [0.15, 0.2) is 0 Å². The minimum Gasteiger partial charge on any atom is -0.0616 e. The van der Waals surface area contributed by atoms with Crippen LogP contribution in [0.15, 0.2) is 48.5 Å². The summed E-state index contributed by atoms with van der Waals surface area (Å²) in [5.41, 5.74) is 3.17. The van der Waals surface area contributed by atoms with Crippen molar-refractivity contribution in [3.8, 4) is 0 Å². The van der Waals surface area contributed by atoms with Crippen molar-refractivity contribution in [1.82, 2.24) is 0 Å². The monoisotopic (exact) mass is 232 g/mol. The van der Waals surface area contributed by atoms with Crippen molar-refractivity contribution < 1.29 is 0 Å². The van der Waals surface area contributed by atoms with E-state index in [9.17, 15) is 0 Å². The first kappa shape index (κ1) is 10.1. The number of hydrogen-bond acceptors (Lipinski definition) is 0. The summed E-state index contributed by atoms with van der Waals surface area (Å²) in [6.45, 7) is 0. The zero-order chi connectivity index (χ0) is 11.9. The molecule has 0 spiro atoms. The van der Waals surface area contributed by atoms with Crippen LogP contribution in [0.1, 0.15) is 24.0 Å². The Morgan fingerprint density at radius 3 is 2.44 bits per heavy atom. The van der Waals surface area contributed by atoms with Crippen LogP contribution in [-0.4, -0.2) is 0 Å². The van der Waals surface area contributed by atoms with Crippen LogP contribution in [0.2, 0.25) is 0 Å². The first-order chi connectivity index (χ1) is 8.93. The molecule has 0 aromatic heterocycles. The van der Waals surface area contributed by atoms with Crippen LogP contribution in [0, 0.1) is 0 Å². The van der Waals surface area contributed by atoms with E-state index in [2.05, 4.69) is 48.5 Å². The second-order valence-corrected chi connectivity index (χ2v) is 5.29. The summed E-state index contributed by atoms with van der Waals surface area (Å²) in [5, 5.41) is 5.64. The molecular formula is C18H16. The normalized spacial score (nSPS) is 14.9. The third-order valence-electron chi connectivity index (χ3n) is 4.26. The van der Waals surface area contributed by atoms with Gasteiger partial charge in [0, 0.05) is 0 Å². The minimum atomic E-state index is 1.25. The van der Waals surface area contributed by atoms with Gasteiger partial charge in [0.05, 0.1) is 0 Å². The van der Waals surface area contributed by atoms with Gasteiger partial charge in [-0.1, -0.05) is 48.5 Å². The first-order valence-electron chi connectivity index (χ1n) is 6.86. The minimum absolute atomic E-state index is 1.25. The molecule has 3 aromatic rings. The number of hydrogen-bond donors (Lipinski definition) is 0. The van der Waals surface area contributed by atoms with Crippen molar-refractivity contribution in [2.45, 2.75) is 25.7 Å². The molecule has 0 heterocycles. The summed E-state index contributed by atoms with van der Waals surface area (Å²) >= 11 is 0. The molecule has 0 N–H and O–H groups in total. The number of benzene rings is 3. The van der Waals surface area contributed by atoms with Crippen molar-refractivity contribution in [2.75, 3.05) is 0 Å². The van der Waals surface area contributed by atoms with Crippen LogP contribution in [0.3, 0.4) is 0 Å². The lowest BCUT2D eigenvalue weighted by Crippen LogP contribution is -2.02. The van der Waals surface area contributed by atoms with Crippen LogP contribution < -0.4 is 0 Å². The fourth-order valence-electron chi connectivity index (χ4n) is 3.34. The van der Waals surface area contributed by atoms with E-state index >= 15 is 0 Å². The van der Waals surface area contributed by atoms with Crippen molar-refractivity contribution in [1.29, 1.82) is 0 Å². The van der Waals surface area contributed by atoms with Crippen molar-refractivity contribution >= 4 is 21.5 Å². The Kier molecular flexibility index (Phi) is 2.16. The van der Waals surface area contributed by atoms with Gasteiger partial charge in [0.2, 0.25) is 0 Å². The van der Waals surface area contributed by atoms with Gasteiger partial charge in [0.1, 0.15) is 0 Å². The highest BCUT2D eigenvalue weighted by Gasteiger charge is 2.12. The van der Waals surface area contributed by atoms with Gasteiger partial charge in [0.25, 0.3) is 0 Å². The fraction of sp³-hybridized carbons (Fsp3) is 0.222. The quantitative estimate of drug-likeness (QED) is 0.485. The Balaban J connectivity index is 2.15. The van der Waals surface area contributed by atoms with Gasteiger partial charge in [-0.3, -0.25) is 0 Å². The predicted octanol–water partition coefficient (Wildman–Crippen LogP) is 4.87. The van der Waals surface area contributed by atoms with Gasteiger partial charge in [-0.05, 0) is 58.4 Å². The highest BCUT2D eigenvalue weighted by molar-refractivity contribution is 6.08. The summed E-state index contributed by atoms with van der Waals surface area (Å²) in [4.78, 5) is 0. The van der Waals surface area contributed by atoms with Crippen LogP contribution in [0.4, 0.5) is 0 Å². The van der Waals surface area contributed by atoms with Crippen molar-refractivity contribution in [3.63, 3.8) is 0 Å². The summed E-state index contributed by atoms with van der Waals surface area (Å²) < 4.78 is 0. The highest BCUT2D eigenvalue weighted by atomic mass is 14.2. The molecular weight excluding hydrogens is 216 g/mol. The molecule has 1 aliphatic carbocycles. The standard InChI is InChI=1S/C18H16/c1-3-7-15-13(5-1)9-11-18-16-8-4-2-6-14(16)10-12-17(15)18/h1,3,5,7,9-12H,2,4,6,8H2. The molecule has 1 aliphatic rings. The number of rotatable bonds is 0. The average molecular weight is 232 g/mol. The van der Waals surface area contributed by atoms with E-state index in [0.717, 1.165) is 0 Å². The zero-order valence-corrected chi connectivity index (χ0v) is 10.4. The number of fused-ring (bicyclic) bond motifs is 5. The van der Waals surface area contributed by atoms with Gasteiger partial charge >= 0.3 is 0 Å². The van der Waals surface area contributed by atoms with Gasteiger partial charge in [-0.25, -0.2) is 0 Å². The lowest BCUT2D eigenvalue weighted by Gasteiger charge is -2.18. The maximum atomic E-state index is 2.35. The van der Waals surface area contributed by atoms with Gasteiger partial charge in [-0.2, -0.15) is 0 Å². The van der Waals surface area contributed by atoms with Gasteiger partial charge in [-0.15, -0.1) is 0 Å². The summed E-state index contributed by atoms with van der Waals surface area (Å²) in [6.07, 6.45) is 5.22. The Morgan fingerprint density at radius 2 is 1.44 bits per heavy atom. The molecule has 18 heavy (non-hydrogen) atoms. The van der Waals surface area contributed by atoms with Crippen LogP contribution in [0.25, 0.3) is 21.5 Å². The SMILES string of the molecule is c1ccc2c(c1)ccc1c3c(ccc12)CCCC3. The summed E-state index contributed by atoms with van der Waals surface area (Å²) in [5.74, 6) is 0. The van der Waals surface area contributed by atoms with Gasteiger partial charge < -0.3 is 0 Å². The van der Waals surface area contributed by atoms with E-state index in [-0.39, 0.29) is 0 Å². The van der Waals surface area contributed by atoms with Crippen LogP contribution in [0.5, 0.6) is 0 Å². The van der Waals surface area contributed by atoms with E-state index in [0.29, 0.717) is 0 Å². The molecule has 0 saturated heterocycles. The largest absolute Gasteiger partial charge is 0.0616 e. The summed E-state index contributed by atoms with van der Waals surface area (Å²) in [6, 6.07) is 18.0. The van der Waals surface area contributed by atoms with Crippen LogP contribution in [-0.2, 0) is 12.8 Å². The Labute approximate surface area is 107 Å².